The number of carbonyl (C=O) groups excluding carboxylic acids is 1. The third-order valence-corrected chi connectivity index (χ3v) is 5.32. The van der Waals surface area contributed by atoms with Gasteiger partial charge in [-0.1, -0.05) is 6.92 Å². The van der Waals surface area contributed by atoms with Crippen molar-refractivity contribution in [1.29, 1.82) is 0 Å². The molecule has 2 saturated heterocycles. The maximum Gasteiger partial charge on any atom is 0.222 e. The molecule has 2 rings (SSSR count). The van der Waals surface area contributed by atoms with Crippen molar-refractivity contribution in [3.8, 4) is 0 Å². The van der Waals surface area contributed by atoms with E-state index >= 15 is 0 Å². The van der Waals surface area contributed by atoms with Crippen LogP contribution in [-0.4, -0.2) is 61.1 Å². The van der Waals surface area contributed by atoms with Crippen LogP contribution in [0.1, 0.15) is 59.3 Å². The highest BCUT2D eigenvalue weighted by atomic mass is 16.5. The van der Waals surface area contributed by atoms with Gasteiger partial charge in [0.25, 0.3) is 0 Å². The molecule has 2 fully saturated rings. The van der Waals surface area contributed by atoms with E-state index < -0.39 is 0 Å². The van der Waals surface area contributed by atoms with Gasteiger partial charge in [-0.3, -0.25) is 4.79 Å². The molecule has 0 aromatic heterocycles. The monoisotopic (exact) mass is 324 g/mol. The van der Waals surface area contributed by atoms with Gasteiger partial charge in [0.15, 0.2) is 0 Å². The number of hydrogen-bond acceptors (Lipinski definition) is 3. The van der Waals surface area contributed by atoms with Crippen molar-refractivity contribution in [2.45, 2.75) is 65.4 Å². The van der Waals surface area contributed by atoms with Crippen LogP contribution in [0.15, 0.2) is 0 Å². The van der Waals surface area contributed by atoms with Crippen molar-refractivity contribution in [1.82, 2.24) is 9.80 Å². The van der Waals surface area contributed by atoms with Crippen LogP contribution in [0.5, 0.6) is 0 Å². The number of amides is 1. The predicted molar refractivity (Wildman–Crippen MR) is 94.5 cm³/mol. The van der Waals surface area contributed by atoms with Crippen LogP contribution in [0.4, 0.5) is 0 Å². The van der Waals surface area contributed by atoms with Gasteiger partial charge in [-0.25, -0.2) is 0 Å². The molecule has 0 aliphatic carbocycles. The molecule has 0 bridgehead atoms. The first-order chi connectivity index (χ1) is 11.1. The van der Waals surface area contributed by atoms with Crippen molar-refractivity contribution in [3.05, 3.63) is 0 Å². The lowest BCUT2D eigenvalue weighted by Gasteiger charge is -2.37. The van der Waals surface area contributed by atoms with Crippen molar-refractivity contribution in [2.75, 3.05) is 39.3 Å². The number of hydrogen-bond donors (Lipinski definition) is 0. The number of piperidine rings is 2. The predicted octanol–water partition coefficient (Wildman–Crippen LogP) is 3.16. The molecule has 2 heterocycles. The van der Waals surface area contributed by atoms with E-state index in [4.69, 9.17) is 4.74 Å². The van der Waals surface area contributed by atoms with E-state index in [1.165, 1.54) is 45.3 Å². The first-order valence-electron chi connectivity index (χ1n) is 9.70. The van der Waals surface area contributed by atoms with E-state index in [1.807, 2.05) is 0 Å². The molecule has 0 spiro atoms. The van der Waals surface area contributed by atoms with Gasteiger partial charge in [-0.15, -0.1) is 0 Å². The molecule has 2 aliphatic rings. The highest BCUT2D eigenvalue weighted by Crippen LogP contribution is 2.23. The summed E-state index contributed by atoms with van der Waals surface area (Å²) in [5.41, 5.74) is 0. The van der Waals surface area contributed by atoms with Gasteiger partial charge in [0, 0.05) is 32.7 Å². The summed E-state index contributed by atoms with van der Waals surface area (Å²) in [7, 11) is 0. The van der Waals surface area contributed by atoms with E-state index in [9.17, 15) is 4.79 Å². The molecule has 23 heavy (non-hydrogen) atoms. The Morgan fingerprint density at radius 3 is 2.22 bits per heavy atom. The second kappa shape index (κ2) is 9.63. The maximum atomic E-state index is 11.9. The Balaban J connectivity index is 1.61. The fourth-order valence-electron chi connectivity index (χ4n) is 3.77. The summed E-state index contributed by atoms with van der Waals surface area (Å²) in [5, 5.41) is 0. The number of nitrogens with zero attached hydrogens (tertiary/aromatic N) is 2. The minimum atomic E-state index is 0.355. The van der Waals surface area contributed by atoms with Gasteiger partial charge in [0.1, 0.15) is 0 Å². The van der Waals surface area contributed by atoms with Gasteiger partial charge in [0.2, 0.25) is 5.91 Å². The summed E-state index contributed by atoms with van der Waals surface area (Å²) in [6.45, 7) is 12.9. The van der Waals surface area contributed by atoms with Crippen LogP contribution in [-0.2, 0) is 9.53 Å². The average Bonchev–Trinajstić information content (AvgIpc) is 2.55. The van der Waals surface area contributed by atoms with Gasteiger partial charge in [-0.05, 0) is 70.9 Å². The fourth-order valence-corrected chi connectivity index (χ4v) is 3.77. The van der Waals surface area contributed by atoms with Crippen LogP contribution in [0.2, 0.25) is 0 Å². The van der Waals surface area contributed by atoms with Crippen molar-refractivity contribution < 1.29 is 9.53 Å². The maximum absolute atomic E-state index is 11.9. The lowest BCUT2D eigenvalue weighted by molar-refractivity contribution is -0.132. The Morgan fingerprint density at radius 2 is 1.65 bits per heavy atom. The van der Waals surface area contributed by atoms with E-state index in [-0.39, 0.29) is 0 Å². The highest BCUT2D eigenvalue weighted by Gasteiger charge is 2.26. The molecule has 0 N–H and O–H groups in total. The summed E-state index contributed by atoms with van der Waals surface area (Å²) in [6, 6.07) is 0. The topological polar surface area (TPSA) is 32.8 Å². The summed E-state index contributed by atoms with van der Waals surface area (Å²) in [4.78, 5) is 16.7. The van der Waals surface area contributed by atoms with Crippen molar-refractivity contribution in [3.63, 3.8) is 0 Å². The summed E-state index contributed by atoms with van der Waals surface area (Å²) in [6.07, 6.45) is 6.97. The molecule has 4 heteroatoms. The standard InChI is InChI=1S/C19H36N2O2/c1-4-5-19(22)21-12-8-17(9-13-21)14-20-10-6-18(7-11-20)15-23-16(2)3/h16-18H,4-15H2,1-3H3. The largest absolute Gasteiger partial charge is 0.379 e. The van der Waals surface area contributed by atoms with Crippen LogP contribution in [0.25, 0.3) is 0 Å². The Kier molecular flexibility index (Phi) is 7.84. The highest BCUT2D eigenvalue weighted by molar-refractivity contribution is 5.76. The molecule has 0 aromatic rings. The Labute approximate surface area is 142 Å². The van der Waals surface area contributed by atoms with Gasteiger partial charge >= 0.3 is 0 Å². The lowest BCUT2D eigenvalue weighted by Crippen LogP contribution is -2.43. The zero-order valence-electron chi connectivity index (χ0n) is 15.4. The zero-order valence-corrected chi connectivity index (χ0v) is 15.4. The van der Waals surface area contributed by atoms with E-state index in [0.717, 1.165) is 44.4 Å². The zero-order chi connectivity index (χ0) is 16.7. The molecule has 0 unspecified atom stereocenters. The Hall–Kier alpha value is -0.610. The SMILES string of the molecule is CCCC(=O)N1CCC(CN2CCC(COC(C)C)CC2)CC1. The molecule has 0 atom stereocenters. The quantitative estimate of drug-likeness (QED) is 0.721. The van der Waals surface area contributed by atoms with E-state index in [1.54, 1.807) is 0 Å². The van der Waals surface area contributed by atoms with Crippen molar-refractivity contribution >= 4 is 5.91 Å². The van der Waals surface area contributed by atoms with Crippen LogP contribution < -0.4 is 0 Å². The molecule has 1 amide bonds. The third kappa shape index (κ3) is 6.42. The average molecular weight is 325 g/mol. The van der Waals surface area contributed by atoms with Crippen LogP contribution >= 0.6 is 0 Å². The molecular weight excluding hydrogens is 288 g/mol. The first kappa shape index (κ1) is 18.7. The number of carbonyl (C=O) groups is 1. The molecule has 0 radical (unpaired) electrons. The smallest absolute Gasteiger partial charge is 0.222 e. The summed E-state index contributed by atoms with van der Waals surface area (Å²) < 4.78 is 5.76. The minimum Gasteiger partial charge on any atom is -0.379 e. The summed E-state index contributed by atoms with van der Waals surface area (Å²) >= 11 is 0. The van der Waals surface area contributed by atoms with Crippen LogP contribution in [0.3, 0.4) is 0 Å². The Bertz CT molecular complexity index is 343. The number of likely N-dealkylation sites (tertiary alicyclic amines) is 2. The molecular formula is C19H36N2O2. The van der Waals surface area contributed by atoms with Gasteiger partial charge in [0.05, 0.1) is 6.10 Å². The van der Waals surface area contributed by atoms with E-state index in [2.05, 4.69) is 30.6 Å². The fraction of sp³-hybridized carbons (Fsp3) is 0.947. The minimum absolute atomic E-state index is 0.355. The second-order valence-electron chi connectivity index (χ2n) is 7.70. The second-order valence-corrected chi connectivity index (χ2v) is 7.70. The third-order valence-electron chi connectivity index (χ3n) is 5.32. The normalized spacial score (nSPS) is 22.0. The molecule has 134 valence electrons. The lowest BCUT2D eigenvalue weighted by atomic mass is 9.93. The van der Waals surface area contributed by atoms with Gasteiger partial charge < -0.3 is 14.5 Å². The van der Waals surface area contributed by atoms with Gasteiger partial charge in [-0.2, -0.15) is 0 Å². The Morgan fingerprint density at radius 1 is 1.04 bits per heavy atom. The molecule has 0 saturated carbocycles. The van der Waals surface area contributed by atoms with Crippen molar-refractivity contribution in [2.24, 2.45) is 11.8 Å². The van der Waals surface area contributed by atoms with Crippen LogP contribution in [0, 0.1) is 11.8 Å². The molecule has 4 nitrogen and oxygen atoms in total. The molecule has 2 aliphatic heterocycles. The van der Waals surface area contributed by atoms with E-state index in [0.29, 0.717) is 12.0 Å². The summed E-state index contributed by atoms with van der Waals surface area (Å²) in [5.74, 6) is 1.89. The molecule has 0 aromatic carbocycles. The number of ether oxygens (including phenoxy) is 1. The first-order valence-corrected chi connectivity index (χ1v) is 9.70. The number of rotatable bonds is 7.